The molecule has 3 aromatic rings. The SMILES string of the molecule is Cc1ccc(N(C(=O)CNC(=O)c2ccco2)C(C(=O)NC2CCCCC2)c2ccccc2)cc1. The first-order valence-electron chi connectivity index (χ1n) is 12.1. The highest BCUT2D eigenvalue weighted by Crippen LogP contribution is 2.29. The van der Waals surface area contributed by atoms with Crippen LogP contribution in [0, 0.1) is 6.92 Å². The molecule has 1 aromatic heterocycles. The van der Waals surface area contributed by atoms with Crippen LogP contribution in [0.4, 0.5) is 5.69 Å². The number of carbonyl (C=O) groups excluding carboxylic acids is 3. The van der Waals surface area contributed by atoms with Gasteiger partial charge in [-0.2, -0.15) is 0 Å². The Morgan fingerprint density at radius 3 is 2.31 bits per heavy atom. The van der Waals surface area contributed by atoms with Crippen LogP contribution < -0.4 is 15.5 Å². The highest BCUT2D eigenvalue weighted by Gasteiger charge is 2.34. The Morgan fingerprint density at radius 1 is 0.943 bits per heavy atom. The lowest BCUT2D eigenvalue weighted by Gasteiger charge is -2.33. The Balaban J connectivity index is 1.65. The van der Waals surface area contributed by atoms with E-state index < -0.39 is 17.9 Å². The van der Waals surface area contributed by atoms with E-state index in [0.29, 0.717) is 11.3 Å². The van der Waals surface area contributed by atoms with Gasteiger partial charge in [0.1, 0.15) is 6.04 Å². The molecule has 3 amide bonds. The van der Waals surface area contributed by atoms with Gasteiger partial charge in [0.15, 0.2) is 5.76 Å². The summed E-state index contributed by atoms with van der Waals surface area (Å²) in [6, 6.07) is 19.1. The van der Waals surface area contributed by atoms with Crippen molar-refractivity contribution in [1.29, 1.82) is 0 Å². The lowest BCUT2D eigenvalue weighted by molar-refractivity contribution is -0.127. The van der Waals surface area contributed by atoms with E-state index in [4.69, 9.17) is 4.42 Å². The summed E-state index contributed by atoms with van der Waals surface area (Å²) in [5, 5.41) is 5.80. The van der Waals surface area contributed by atoms with Crippen LogP contribution in [0.25, 0.3) is 0 Å². The third kappa shape index (κ3) is 6.18. The maximum Gasteiger partial charge on any atom is 0.287 e. The monoisotopic (exact) mass is 473 g/mol. The molecule has 182 valence electrons. The highest BCUT2D eigenvalue weighted by molar-refractivity contribution is 6.04. The molecule has 0 bridgehead atoms. The smallest absolute Gasteiger partial charge is 0.287 e. The van der Waals surface area contributed by atoms with Crippen LogP contribution in [0.15, 0.2) is 77.4 Å². The van der Waals surface area contributed by atoms with Crippen molar-refractivity contribution in [1.82, 2.24) is 10.6 Å². The van der Waals surface area contributed by atoms with E-state index >= 15 is 0 Å². The van der Waals surface area contributed by atoms with E-state index in [1.165, 1.54) is 23.7 Å². The summed E-state index contributed by atoms with van der Waals surface area (Å²) in [5.74, 6) is -1.000. The van der Waals surface area contributed by atoms with Gasteiger partial charge in [-0.1, -0.05) is 67.3 Å². The van der Waals surface area contributed by atoms with Crippen LogP contribution in [0.2, 0.25) is 0 Å². The van der Waals surface area contributed by atoms with Crippen molar-refractivity contribution in [2.75, 3.05) is 11.4 Å². The Morgan fingerprint density at radius 2 is 1.66 bits per heavy atom. The van der Waals surface area contributed by atoms with E-state index in [1.54, 1.807) is 6.07 Å². The summed E-state index contributed by atoms with van der Waals surface area (Å²) in [4.78, 5) is 41.2. The fraction of sp³-hybridized carbons (Fsp3) is 0.321. The van der Waals surface area contributed by atoms with Crippen LogP contribution in [0.1, 0.15) is 59.8 Å². The van der Waals surface area contributed by atoms with E-state index in [-0.39, 0.29) is 24.3 Å². The molecule has 1 fully saturated rings. The number of aryl methyl sites for hydroxylation is 1. The third-order valence-corrected chi connectivity index (χ3v) is 6.30. The molecule has 4 rings (SSSR count). The molecule has 1 aliphatic rings. The Labute approximate surface area is 205 Å². The van der Waals surface area contributed by atoms with Crippen molar-refractivity contribution in [3.05, 3.63) is 89.9 Å². The summed E-state index contributed by atoms with van der Waals surface area (Å²) < 4.78 is 5.12. The quantitative estimate of drug-likeness (QED) is 0.502. The summed E-state index contributed by atoms with van der Waals surface area (Å²) in [5.41, 5.74) is 2.32. The summed E-state index contributed by atoms with van der Waals surface area (Å²) in [7, 11) is 0. The minimum Gasteiger partial charge on any atom is -0.459 e. The van der Waals surface area contributed by atoms with Gasteiger partial charge in [-0.25, -0.2) is 0 Å². The van der Waals surface area contributed by atoms with Gasteiger partial charge in [-0.3, -0.25) is 19.3 Å². The fourth-order valence-electron chi connectivity index (χ4n) is 4.46. The average molecular weight is 474 g/mol. The molecule has 0 radical (unpaired) electrons. The Kier molecular flexibility index (Phi) is 7.98. The second-order valence-electron chi connectivity index (χ2n) is 8.92. The molecular formula is C28H31N3O4. The van der Waals surface area contributed by atoms with Gasteiger partial charge < -0.3 is 15.1 Å². The van der Waals surface area contributed by atoms with Gasteiger partial charge in [-0.15, -0.1) is 0 Å². The lowest BCUT2D eigenvalue weighted by atomic mass is 9.94. The predicted octanol–water partition coefficient (Wildman–Crippen LogP) is 4.54. The lowest BCUT2D eigenvalue weighted by Crippen LogP contribution is -2.49. The molecule has 1 saturated carbocycles. The molecule has 2 N–H and O–H groups in total. The van der Waals surface area contributed by atoms with E-state index in [0.717, 1.165) is 31.2 Å². The topological polar surface area (TPSA) is 91.7 Å². The summed E-state index contributed by atoms with van der Waals surface area (Å²) in [6.45, 7) is 1.68. The molecule has 0 spiro atoms. The first-order chi connectivity index (χ1) is 17.0. The van der Waals surface area contributed by atoms with Gasteiger partial charge in [0.05, 0.1) is 12.8 Å². The van der Waals surface area contributed by atoms with E-state index in [1.807, 2.05) is 61.5 Å². The van der Waals surface area contributed by atoms with E-state index in [9.17, 15) is 14.4 Å². The van der Waals surface area contributed by atoms with Crippen LogP contribution in [0.5, 0.6) is 0 Å². The number of hydrogen-bond acceptors (Lipinski definition) is 4. The summed E-state index contributed by atoms with van der Waals surface area (Å²) in [6.07, 6.45) is 6.62. The predicted molar refractivity (Wildman–Crippen MR) is 134 cm³/mol. The van der Waals surface area contributed by atoms with Crippen molar-refractivity contribution in [2.24, 2.45) is 0 Å². The maximum absolute atomic E-state index is 13.7. The number of nitrogens with one attached hydrogen (secondary N) is 2. The van der Waals surface area contributed by atoms with E-state index in [2.05, 4.69) is 10.6 Å². The Bertz CT molecular complexity index is 1120. The third-order valence-electron chi connectivity index (χ3n) is 6.30. The maximum atomic E-state index is 13.7. The standard InChI is InChI=1S/C28H31N3O4/c1-20-14-16-23(17-15-20)31(25(32)19-29-27(33)24-13-8-18-35-24)26(21-9-4-2-5-10-21)28(34)30-22-11-6-3-7-12-22/h2,4-5,8-10,13-18,22,26H,3,6-7,11-12,19H2,1H3,(H,29,33)(H,30,34). The number of nitrogens with zero attached hydrogens (tertiary/aromatic N) is 1. The number of anilines is 1. The van der Waals surface area contributed by atoms with Crippen molar-refractivity contribution >= 4 is 23.4 Å². The van der Waals surface area contributed by atoms with Gasteiger partial charge in [0.2, 0.25) is 11.8 Å². The molecule has 35 heavy (non-hydrogen) atoms. The van der Waals surface area contributed by atoms with Crippen LogP contribution in [-0.2, 0) is 9.59 Å². The highest BCUT2D eigenvalue weighted by atomic mass is 16.3. The number of carbonyl (C=O) groups is 3. The average Bonchev–Trinajstić information content (AvgIpc) is 3.43. The van der Waals surface area contributed by atoms with Gasteiger partial charge >= 0.3 is 0 Å². The minimum absolute atomic E-state index is 0.0936. The second-order valence-corrected chi connectivity index (χ2v) is 8.92. The van der Waals surface area contributed by atoms with Crippen molar-refractivity contribution in [3.63, 3.8) is 0 Å². The largest absolute Gasteiger partial charge is 0.459 e. The molecule has 1 heterocycles. The molecule has 2 aromatic carbocycles. The second kappa shape index (κ2) is 11.5. The first-order valence-corrected chi connectivity index (χ1v) is 12.1. The summed E-state index contributed by atoms with van der Waals surface area (Å²) >= 11 is 0. The van der Waals surface area contributed by atoms with Crippen LogP contribution in [-0.4, -0.2) is 30.3 Å². The molecule has 0 saturated heterocycles. The minimum atomic E-state index is -0.881. The van der Waals surface area contributed by atoms with Crippen LogP contribution >= 0.6 is 0 Å². The van der Waals surface area contributed by atoms with Crippen molar-refractivity contribution in [2.45, 2.75) is 51.1 Å². The molecule has 1 aliphatic carbocycles. The number of hydrogen-bond donors (Lipinski definition) is 2. The first kappa shape index (κ1) is 24.3. The zero-order valence-corrected chi connectivity index (χ0v) is 19.9. The molecule has 7 heteroatoms. The number of amides is 3. The zero-order valence-electron chi connectivity index (χ0n) is 19.9. The fourth-order valence-corrected chi connectivity index (χ4v) is 4.46. The molecule has 0 aliphatic heterocycles. The molecular weight excluding hydrogens is 442 g/mol. The van der Waals surface area contributed by atoms with Gasteiger partial charge in [0, 0.05) is 11.7 Å². The van der Waals surface area contributed by atoms with Gasteiger partial charge in [-0.05, 0) is 49.6 Å². The van der Waals surface area contributed by atoms with Gasteiger partial charge in [0.25, 0.3) is 5.91 Å². The normalized spacial score (nSPS) is 14.7. The van der Waals surface area contributed by atoms with Crippen molar-refractivity contribution < 1.29 is 18.8 Å². The zero-order chi connectivity index (χ0) is 24.6. The molecule has 1 atom stereocenters. The van der Waals surface area contributed by atoms with Crippen molar-refractivity contribution in [3.8, 4) is 0 Å². The number of furan rings is 1. The molecule has 1 unspecified atom stereocenters. The number of rotatable bonds is 8. The molecule has 7 nitrogen and oxygen atoms in total. The Hall–Kier alpha value is -3.87. The number of benzene rings is 2. The van der Waals surface area contributed by atoms with Crippen LogP contribution in [0.3, 0.4) is 0 Å².